The van der Waals surface area contributed by atoms with Crippen LogP contribution in [0.4, 0.5) is 5.69 Å². The van der Waals surface area contributed by atoms with Gasteiger partial charge in [-0.25, -0.2) is 0 Å². The van der Waals surface area contributed by atoms with Crippen molar-refractivity contribution in [1.82, 2.24) is 15.3 Å². The van der Waals surface area contributed by atoms with Crippen molar-refractivity contribution >= 4 is 22.9 Å². The number of aromatic nitrogens is 2. The number of pyridine rings is 2. The van der Waals surface area contributed by atoms with Crippen molar-refractivity contribution in [3.8, 4) is 0 Å². The Kier molecular flexibility index (Phi) is 5.09. The van der Waals surface area contributed by atoms with Crippen LogP contribution in [0.1, 0.15) is 31.2 Å². The van der Waals surface area contributed by atoms with Gasteiger partial charge in [-0.05, 0) is 36.6 Å². The molecule has 0 aliphatic heterocycles. The summed E-state index contributed by atoms with van der Waals surface area (Å²) in [6, 6.07) is 8.53. The zero-order chi connectivity index (χ0) is 17.0. The summed E-state index contributed by atoms with van der Waals surface area (Å²) in [6.07, 6.45) is 12.0. The van der Waals surface area contributed by atoms with E-state index in [1.54, 1.807) is 0 Å². The Labute approximate surface area is 149 Å². The Morgan fingerprint density at radius 2 is 1.96 bits per heavy atom. The first-order chi connectivity index (χ1) is 11.7. The lowest BCUT2D eigenvalue weighted by Gasteiger charge is -2.49. The standard InChI is InChI=1S/C19H24N4S/c1-20-18(24)19(15-7-5-11-21-13-15)10-4-3-9-17(19)23(2)16-8-6-12-22-14-16/h5-8,11-14,17H,3-4,9-10H2,1-2H3,(H,20,24)/t17-,19+/m0/s1. The molecule has 2 heterocycles. The maximum absolute atomic E-state index is 5.83. The molecule has 0 unspecified atom stereocenters. The molecular weight excluding hydrogens is 316 g/mol. The van der Waals surface area contributed by atoms with Crippen LogP contribution in [0, 0.1) is 0 Å². The third-order valence-electron chi connectivity index (χ3n) is 5.20. The lowest BCUT2D eigenvalue weighted by Crippen LogP contribution is -2.58. The highest BCUT2D eigenvalue weighted by atomic mass is 32.1. The van der Waals surface area contributed by atoms with Crippen LogP contribution in [-0.4, -0.2) is 35.1 Å². The second-order valence-corrected chi connectivity index (χ2v) is 6.78. The number of hydrogen-bond donors (Lipinski definition) is 1. The fourth-order valence-electron chi connectivity index (χ4n) is 4.00. The molecule has 1 fully saturated rings. The summed E-state index contributed by atoms with van der Waals surface area (Å²) < 4.78 is 0. The molecule has 3 rings (SSSR count). The Hall–Kier alpha value is -2.01. The minimum Gasteiger partial charge on any atom is -0.382 e. The first kappa shape index (κ1) is 16.8. The largest absolute Gasteiger partial charge is 0.382 e. The van der Waals surface area contributed by atoms with Crippen LogP contribution in [0.15, 0.2) is 49.1 Å². The second-order valence-electron chi connectivity index (χ2n) is 6.38. The average Bonchev–Trinajstić information content (AvgIpc) is 2.68. The Morgan fingerprint density at radius 3 is 2.58 bits per heavy atom. The van der Waals surface area contributed by atoms with E-state index in [2.05, 4.69) is 39.4 Å². The molecule has 2 aromatic rings. The van der Waals surface area contributed by atoms with Crippen molar-refractivity contribution < 1.29 is 0 Å². The average molecular weight is 340 g/mol. The maximum Gasteiger partial charge on any atom is 0.0879 e. The van der Waals surface area contributed by atoms with E-state index in [1.165, 1.54) is 18.4 Å². The molecular formula is C19H24N4S. The van der Waals surface area contributed by atoms with E-state index in [0.717, 1.165) is 23.5 Å². The van der Waals surface area contributed by atoms with Gasteiger partial charge in [0.2, 0.25) is 0 Å². The van der Waals surface area contributed by atoms with Gasteiger partial charge >= 0.3 is 0 Å². The summed E-state index contributed by atoms with van der Waals surface area (Å²) in [5.41, 5.74) is 2.10. The summed E-state index contributed by atoms with van der Waals surface area (Å²) in [4.78, 5) is 11.9. The molecule has 2 atom stereocenters. The fourth-order valence-corrected chi connectivity index (χ4v) is 4.36. The maximum atomic E-state index is 5.83. The lowest BCUT2D eigenvalue weighted by atomic mass is 9.65. The van der Waals surface area contributed by atoms with Gasteiger partial charge in [0.15, 0.2) is 0 Å². The number of thiocarbonyl (C=S) groups is 1. The van der Waals surface area contributed by atoms with Gasteiger partial charge < -0.3 is 10.2 Å². The van der Waals surface area contributed by atoms with Crippen LogP contribution >= 0.6 is 12.2 Å². The molecule has 1 N–H and O–H groups in total. The molecule has 126 valence electrons. The molecule has 0 saturated heterocycles. The first-order valence-corrected chi connectivity index (χ1v) is 8.86. The monoisotopic (exact) mass is 340 g/mol. The van der Waals surface area contributed by atoms with Crippen molar-refractivity contribution in [1.29, 1.82) is 0 Å². The molecule has 1 aliphatic rings. The normalized spacial score (nSPS) is 23.5. The topological polar surface area (TPSA) is 41.1 Å². The van der Waals surface area contributed by atoms with Crippen LogP contribution < -0.4 is 10.2 Å². The summed E-state index contributed by atoms with van der Waals surface area (Å²) in [5.74, 6) is 0. The van der Waals surface area contributed by atoms with Gasteiger partial charge in [-0.2, -0.15) is 0 Å². The summed E-state index contributed by atoms with van der Waals surface area (Å²) in [7, 11) is 4.08. The third-order valence-corrected chi connectivity index (χ3v) is 5.77. The molecule has 0 aromatic carbocycles. The predicted molar refractivity (Wildman–Crippen MR) is 102 cm³/mol. The number of likely N-dealkylation sites (N-methyl/N-ethyl adjacent to an activating group) is 2. The number of anilines is 1. The number of nitrogens with zero attached hydrogens (tertiary/aromatic N) is 3. The molecule has 5 heteroatoms. The van der Waals surface area contributed by atoms with Gasteiger partial charge in [-0.15, -0.1) is 0 Å². The SMILES string of the molecule is CNC(=S)[C@@]1(c2cccnc2)CCCC[C@@H]1N(C)c1cccnc1. The van der Waals surface area contributed by atoms with Crippen molar-refractivity contribution in [3.05, 3.63) is 54.6 Å². The summed E-state index contributed by atoms with van der Waals surface area (Å²) in [5, 5.41) is 3.27. The van der Waals surface area contributed by atoms with E-state index < -0.39 is 0 Å². The molecule has 0 radical (unpaired) electrons. The smallest absolute Gasteiger partial charge is 0.0879 e. The quantitative estimate of drug-likeness (QED) is 0.865. The third kappa shape index (κ3) is 2.88. The van der Waals surface area contributed by atoms with E-state index in [9.17, 15) is 0 Å². The van der Waals surface area contributed by atoms with Crippen molar-refractivity contribution in [3.63, 3.8) is 0 Å². The number of rotatable bonds is 4. The molecule has 0 spiro atoms. The number of nitrogens with one attached hydrogen (secondary N) is 1. The van der Waals surface area contributed by atoms with Gasteiger partial charge in [0.1, 0.15) is 0 Å². The zero-order valence-electron chi connectivity index (χ0n) is 14.3. The molecule has 0 amide bonds. The van der Waals surface area contributed by atoms with Gasteiger partial charge in [-0.3, -0.25) is 9.97 Å². The van der Waals surface area contributed by atoms with E-state index >= 15 is 0 Å². The van der Waals surface area contributed by atoms with E-state index in [0.29, 0.717) is 0 Å². The molecule has 2 aromatic heterocycles. The van der Waals surface area contributed by atoms with Gasteiger partial charge in [-0.1, -0.05) is 31.1 Å². The highest BCUT2D eigenvalue weighted by Gasteiger charge is 2.47. The van der Waals surface area contributed by atoms with Crippen LogP contribution in [0.2, 0.25) is 0 Å². The highest BCUT2D eigenvalue weighted by Crippen LogP contribution is 2.43. The highest BCUT2D eigenvalue weighted by molar-refractivity contribution is 7.80. The van der Waals surface area contributed by atoms with Crippen LogP contribution in [-0.2, 0) is 5.41 Å². The molecule has 1 saturated carbocycles. The van der Waals surface area contributed by atoms with Crippen molar-refractivity contribution in [2.45, 2.75) is 37.1 Å². The van der Waals surface area contributed by atoms with Crippen LogP contribution in [0.25, 0.3) is 0 Å². The van der Waals surface area contributed by atoms with E-state index in [-0.39, 0.29) is 11.5 Å². The number of hydrogen-bond acceptors (Lipinski definition) is 4. The van der Waals surface area contributed by atoms with E-state index in [1.807, 2.05) is 44.0 Å². The minimum absolute atomic E-state index is 0.221. The molecule has 24 heavy (non-hydrogen) atoms. The van der Waals surface area contributed by atoms with Gasteiger partial charge in [0, 0.05) is 38.7 Å². The van der Waals surface area contributed by atoms with Crippen LogP contribution in [0.5, 0.6) is 0 Å². The summed E-state index contributed by atoms with van der Waals surface area (Å²) in [6.45, 7) is 0. The molecule has 1 aliphatic carbocycles. The summed E-state index contributed by atoms with van der Waals surface area (Å²) >= 11 is 5.83. The Bertz CT molecular complexity index is 676. The lowest BCUT2D eigenvalue weighted by molar-refractivity contribution is 0.315. The second kappa shape index (κ2) is 7.26. The Morgan fingerprint density at radius 1 is 1.21 bits per heavy atom. The van der Waals surface area contributed by atoms with Crippen molar-refractivity contribution in [2.24, 2.45) is 0 Å². The fraction of sp³-hybridized carbons (Fsp3) is 0.421. The van der Waals surface area contributed by atoms with Gasteiger partial charge in [0.05, 0.1) is 22.3 Å². The molecule has 0 bridgehead atoms. The zero-order valence-corrected chi connectivity index (χ0v) is 15.1. The molecule has 4 nitrogen and oxygen atoms in total. The Balaban J connectivity index is 2.09. The van der Waals surface area contributed by atoms with Crippen LogP contribution in [0.3, 0.4) is 0 Å². The van der Waals surface area contributed by atoms with Gasteiger partial charge in [0.25, 0.3) is 0 Å². The predicted octanol–water partition coefficient (Wildman–Crippen LogP) is 3.34. The minimum atomic E-state index is -0.221. The van der Waals surface area contributed by atoms with Crippen molar-refractivity contribution in [2.75, 3.05) is 19.0 Å². The first-order valence-electron chi connectivity index (χ1n) is 8.45. The van der Waals surface area contributed by atoms with E-state index in [4.69, 9.17) is 12.2 Å².